The van der Waals surface area contributed by atoms with E-state index >= 15 is 0 Å². The SMILES string of the molecule is CC1CCCCCN1Cc1nc2ccc(N)cc2[nH]1. The number of nitrogens with one attached hydrogen (secondary N) is 1. The van der Waals surface area contributed by atoms with Gasteiger partial charge in [0.2, 0.25) is 0 Å². The fourth-order valence-corrected chi connectivity index (χ4v) is 2.92. The smallest absolute Gasteiger partial charge is 0.121 e. The zero-order chi connectivity index (χ0) is 13.2. The Morgan fingerprint density at radius 2 is 2.26 bits per heavy atom. The zero-order valence-corrected chi connectivity index (χ0v) is 11.5. The predicted molar refractivity (Wildman–Crippen MR) is 78.8 cm³/mol. The number of benzene rings is 1. The number of fused-ring (bicyclic) bond motifs is 1. The number of nitrogens with zero attached hydrogens (tertiary/aromatic N) is 2. The molecule has 0 radical (unpaired) electrons. The van der Waals surface area contributed by atoms with Crippen LogP contribution in [0.15, 0.2) is 18.2 Å². The quantitative estimate of drug-likeness (QED) is 0.814. The Hall–Kier alpha value is -1.55. The molecule has 3 rings (SSSR count). The lowest BCUT2D eigenvalue weighted by molar-refractivity contribution is 0.200. The first-order chi connectivity index (χ1) is 9.22. The molecule has 1 aliphatic rings. The Labute approximate surface area is 114 Å². The molecular weight excluding hydrogens is 236 g/mol. The summed E-state index contributed by atoms with van der Waals surface area (Å²) in [5.41, 5.74) is 8.63. The van der Waals surface area contributed by atoms with Gasteiger partial charge >= 0.3 is 0 Å². The summed E-state index contributed by atoms with van der Waals surface area (Å²) in [6.45, 7) is 4.42. The van der Waals surface area contributed by atoms with Gasteiger partial charge in [0.15, 0.2) is 0 Å². The van der Waals surface area contributed by atoms with Crippen molar-refractivity contribution in [3.63, 3.8) is 0 Å². The van der Waals surface area contributed by atoms with Crippen LogP contribution in [0.3, 0.4) is 0 Å². The van der Waals surface area contributed by atoms with E-state index in [9.17, 15) is 0 Å². The van der Waals surface area contributed by atoms with Crippen molar-refractivity contribution in [1.29, 1.82) is 0 Å². The van der Waals surface area contributed by atoms with E-state index in [0.717, 1.165) is 29.1 Å². The predicted octanol–water partition coefficient (Wildman–Crippen LogP) is 2.91. The van der Waals surface area contributed by atoms with Crippen LogP contribution in [0.25, 0.3) is 11.0 Å². The minimum atomic E-state index is 0.654. The third-order valence-corrected chi connectivity index (χ3v) is 4.10. The number of anilines is 1. The summed E-state index contributed by atoms with van der Waals surface area (Å²) >= 11 is 0. The van der Waals surface area contributed by atoms with Crippen LogP contribution in [0.4, 0.5) is 5.69 Å². The molecule has 4 nitrogen and oxygen atoms in total. The lowest BCUT2D eigenvalue weighted by Crippen LogP contribution is -2.32. The molecule has 3 N–H and O–H groups in total. The monoisotopic (exact) mass is 258 g/mol. The molecule has 1 unspecified atom stereocenters. The van der Waals surface area contributed by atoms with Gasteiger partial charge in [-0.3, -0.25) is 4.90 Å². The molecule has 19 heavy (non-hydrogen) atoms. The van der Waals surface area contributed by atoms with E-state index in [-0.39, 0.29) is 0 Å². The van der Waals surface area contributed by atoms with E-state index in [1.54, 1.807) is 0 Å². The summed E-state index contributed by atoms with van der Waals surface area (Å²) in [5.74, 6) is 1.05. The van der Waals surface area contributed by atoms with Crippen LogP contribution in [0, 0.1) is 0 Å². The normalized spacial score (nSPS) is 21.6. The molecular formula is C15H22N4. The Morgan fingerprint density at radius 1 is 1.37 bits per heavy atom. The minimum Gasteiger partial charge on any atom is -0.399 e. The third-order valence-electron chi connectivity index (χ3n) is 4.10. The number of likely N-dealkylation sites (tertiary alicyclic amines) is 1. The summed E-state index contributed by atoms with van der Waals surface area (Å²) in [7, 11) is 0. The molecule has 0 saturated carbocycles. The molecule has 1 aliphatic heterocycles. The van der Waals surface area contributed by atoms with E-state index in [4.69, 9.17) is 5.73 Å². The van der Waals surface area contributed by atoms with Crippen molar-refractivity contribution in [2.75, 3.05) is 12.3 Å². The second kappa shape index (κ2) is 5.21. The average molecular weight is 258 g/mol. The van der Waals surface area contributed by atoms with E-state index in [2.05, 4.69) is 21.8 Å². The Kier molecular flexibility index (Phi) is 3.42. The van der Waals surface area contributed by atoms with Crippen LogP contribution in [0.1, 0.15) is 38.4 Å². The second-order valence-electron chi connectivity index (χ2n) is 5.63. The highest BCUT2D eigenvalue weighted by atomic mass is 15.2. The first-order valence-electron chi connectivity index (χ1n) is 7.20. The molecule has 1 aromatic carbocycles. The summed E-state index contributed by atoms with van der Waals surface area (Å²) in [6, 6.07) is 6.50. The minimum absolute atomic E-state index is 0.654. The van der Waals surface area contributed by atoms with E-state index in [1.807, 2.05) is 18.2 Å². The highest BCUT2D eigenvalue weighted by Gasteiger charge is 2.18. The standard InChI is InChI=1S/C15H22N4/c1-11-5-3-2-4-8-19(11)10-15-17-13-7-6-12(16)9-14(13)18-15/h6-7,9,11H,2-5,8,10,16H2,1H3,(H,17,18). The lowest BCUT2D eigenvalue weighted by atomic mass is 10.1. The highest BCUT2D eigenvalue weighted by Crippen LogP contribution is 2.20. The number of aromatic nitrogens is 2. The van der Waals surface area contributed by atoms with Gasteiger partial charge < -0.3 is 10.7 Å². The molecule has 0 spiro atoms. The number of rotatable bonds is 2. The van der Waals surface area contributed by atoms with Crippen LogP contribution < -0.4 is 5.73 Å². The van der Waals surface area contributed by atoms with Gasteiger partial charge in [-0.2, -0.15) is 0 Å². The fourth-order valence-electron chi connectivity index (χ4n) is 2.92. The fraction of sp³-hybridized carbons (Fsp3) is 0.533. The number of nitrogen functional groups attached to an aromatic ring is 1. The maximum Gasteiger partial charge on any atom is 0.121 e. The Bertz CT molecular complexity index is 560. The van der Waals surface area contributed by atoms with Crippen LogP contribution in [-0.2, 0) is 6.54 Å². The van der Waals surface area contributed by atoms with Gasteiger partial charge in [-0.1, -0.05) is 12.8 Å². The van der Waals surface area contributed by atoms with Crippen molar-refractivity contribution in [3.8, 4) is 0 Å². The van der Waals surface area contributed by atoms with Crippen LogP contribution in [-0.4, -0.2) is 27.5 Å². The molecule has 1 saturated heterocycles. The van der Waals surface area contributed by atoms with Gasteiger partial charge in [-0.25, -0.2) is 4.98 Å². The molecule has 4 heteroatoms. The highest BCUT2D eigenvalue weighted by molar-refractivity contribution is 5.78. The van der Waals surface area contributed by atoms with Crippen molar-refractivity contribution < 1.29 is 0 Å². The summed E-state index contributed by atoms with van der Waals surface area (Å²) in [6.07, 6.45) is 5.32. The topological polar surface area (TPSA) is 57.9 Å². The number of hydrogen-bond donors (Lipinski definition) is 2. The molecule has 2 aromatic rings. The van der Waals surface area contributed by atoms with Gasteiger partial charge in [0.05, 0.1) is 17.6 Å². The number of imidazole rings is 1. The lowest BCUT2D eigenvalue weighted by Gasteiger charge is -2.25. The van der Waals surface area contributed by atoms with E-state index in [0.29, 0.717) is 6.04 Å². The number of hydrogen-bond acceptors (Lipinski definition) is 3. The molecule has 0 amide bonds. The van der Waals surface area contributed by atoms with Gasteiger partial charge in [-0.05, 0) is 44.5 Å². The van der Waals surface area contributed by atoms with Crippen molar-refractivity contribution in [1.82, 2.24) is 14.9 Å². The van der Waals surface area contributed by atoms with Gasteiger partial charge in [-0.15, -0.1) is 0 Å². The molecule has 1 aromatic heterocycles. The first kappa shape index (κ1) is 12.5. The van der Waals surface area contributed by atoms with Gasteiger partial charge in [0.25, 0.3) is 0 Å². The van der Waals surface area contributed by atoms with Crippen molar-refractivity contribution in [3.05, 3.63) is 24.0 Å². The molecule has 1 fully saturated rings. The van der Waals surface area contributed by atoms with Gasteiger partial charge in [0.1, 0.15) is 5.82 Å². The third kappa shape index (κ3) is 2.73. The Balaban J connectivity index is 1.80. The van der Waals surface area contributed by atoms with Crippen LogP contribution in [0.2, 0.25) is 0 Å². The van der Waals surface area contributed by atoms with Crippen molar-refractivity contribution in [2.45, 2.75) is 45.2 Å². The average Bonchev–Trinajstić information content (AvgIpc) is 2.66. The second-order valence-corrected chi connectivity index (χ2v) is 5.63. The van der Waals surface area contributed by atoms with Crippen LogP contribution in [0.5, 0.6) is 0 Å². The molecule has 1 atom stereocenters. The Morgan fingerprint density at radius 3 is 3.16 bits per heavy atom. The molecule has 0 aliphatic carbocycles. The van der Waals surface area contributed by atoms with E-state index in [1.165, 1.54) is 32.2 Å². The molecule has 0 bridgehead atoms. The molecule has 2 heterocycles. The van der Waals surface area contributed by atoms with E-state index < -0.39 is 0 Å². The number of nitrogens with two attached hydrogens (primary N) is 1. The summed E-state index contributed by atoms with van der Waals surface area (Å²) < 4.78 is 0. The number of H-pyrrole nitrogens is 1. The van der Waals surface area contributed by atoms with Crippen molar-refractivity contribution in [2.24, 2.45) is 0 Å². The van der Waals surface area contributed by atoms with Gasteiger partial charge in [0, 0.05) is 11.7 Å². The van der Waals surface area contributed by atoms with Crippen molar-refractivity contribution >= 4 is 16.7 Å². The summed E-state index contributed by atoms with van der Waals surface area (Å²) in [5, 5.41) is 0. The first-order valence-corrected chi connectivity index (χ1v) is 7.20. The summed E-state index contributed by atoms with van der Waals surface area (Å²) in [4.78, 5) is 10.6. The zero-order valence-electron chi connectivity index (χ0n) is 11.5. The maximum atomic E-state index is 5.80. The maximum absolute atomic E-state index is 5.80. The van der Waals surface area contributed by atoms with Crippen LogP contribution >= 0.6 is 0 Å². The number of aromatic amines is 1. The molecule has 102 valence electrons. The largest absolute Gasteiger partial charge is 0.399 e.